The zero-order valence-electron chi connectivity index (χ0n) is 8.47. The molecule has 0 aliphatic heterocycles. The molecule has 5 heteroatoms. The topological polar surface area (TPSA) is 46.1 Å². The van der Waals surface area contributed by atoms with Crippen molar-refractivity contribution >= 4 is 12.2 Å². The summed E-state index contributed by atoms with van der Waals surface area (Å²) in [5.41, 5.74) is 0. The van der Waals surface area contributed by atoms with Crippen LogP contribution in [0, 0.1) is 0 Å². The standard InChI is InChI=1S/C10H14N2O2.BrH/c1-2-11-7-8-12(9-11)6-4-3-5-10(13)14;/h2,7-9H,1,3-6H2;1H. The Morgan fingerprint density at radius 1 is 1.53 bits per heavy atom. The maximum atomic E-state index is 10.2. The molecule has 0 aliphatic rings. The van der Waals surface area contributed by atoms with E-state index in [0.717, 1.165) is 19.4 Å². The van der Waals surface area contributed by atoms with Gasteiger partial charge in [0, 0.05) is 6.42 Å². The minimum absolute atomic E-state index is 0. The molecular weight excluding hydrogens is 260 g/mol. The fraction of sp³-hybridized carbons (Fsp3) is 0.400. The van der Waals surface area contributed by atoms with Gasteiger partial charge in [-0.1, -0.05) is 6.58 Å². The smallest absolute Gasteiger partial charge is 0.303 e. The van der Waals surface area contributed by atoms with Crippen molar-refractivity contribution < 1.29 is 31.4 Å². The van der Waals surface area contributed by atoms with Crippen LogP contribution in [0.4, 0.5) is 0 Å². The maximum Gasteiger partial charge on any atom is 0.303 e. The number of carboxylic acid groups (broad SMARTS) is 1. The number of hydrogen-bond acceptors (Lipinski definition) is 1. The van der Waals surface area contributed by atoms with Crippen LogP contribution in [0.15, 0.2) is 25.3 Å². The van der Waals surface area contributed by atoms with Crippen molar-refractivity contribution in [2.45, 2.75) is 25.8 Å². The van der Waals surface area contributed by atoms with Gasteiger partial charge < -0.3 is 22.1 Å². The fourth-order valence-corrected chi connectivity index (χ4v) is 1.22. The minimum Gasteiger partial charge on any atom is -1.00 e. The number of carboxylic acids is 1. The molecule has 1 aromatic heterocycles. The van der Waals surface area contributed by atoms with Crippen molar-refractivity contribution in [2.75, 3.05) is 0 Å². The number of rotatable bonds is 6. The highest BCUT2D eigenvalue weighted by molar-refractivity contribution is 5.66. The Kier molecular flexibility index (Phi) is 6.70. The van der Waals surface area contributed by atoms with E-state index >= 15 is 0 Å². The molecule has 4 nitrogen and oxygen atoms in total. The number of aliphatic carboxylic acids is 1. The molecule has 1 aromatic rings. The first-order valence-electron chi connectivity index (χ1n) is 4.63. The first kappa shape index (κ1) is 13.9. The van der Waals surface area contributed by atoms with Gasteiger partial charge in [0.25, 0.3) is 0 Å². The number of carbonyl (C=O) groups is 1. The van der Waals surface area contributed by atoms with Crippen molar-refractivity contribution in [1.29, 1.82) is 0 Å². The molecule has 0 atom stereocenters. The van der Waals surface area contributed by atoms with E-state index in [4.69, 9.17) is 5.11 Å². The number of aryl methyl sites for hydroxylation is 1. The Bertz CT molecular complexity index is 323. The second-order valence-electron chi connectivity index (χ2n) is 3.13. The molecule has 0 amide bonds. The third-order valence-electron chi connectivity index (χ3n) is 1.98. The van der Waals surface area contributed by atoms with Crippen LogP contribution in [-0.2, 0) is 11.3 Å². The summed E-state index contributed by atoms with van der Waals surface area (Å²) in [5, 5.41) is 8.43. The Morgan fingerprint density at radius 3 is 2.80 bits per heavy atom. The van der Waals surface area contributed by atoms with Gasteiger partial charge in [-0.05, 0) is 12.8 Å². The zero-order valence-corrected chi connectivity index (χ0v) is 10.1. The predicted octanol–water partition coefficient (Wildman–Crippen LogP) is -1.86. The largest absolute Gasteiger partial charge is 1.00 e. The summed E-state index contributed by atoms with van der Waals surface area (Å²) in [6.45, 7) is 4.49. The summed E-state index contributed by atoms with van der Waals surface area (Å²) < 4.78 is 3.88. The molecule has 0 aliphatic carbocycles. The van der Waals surface area contributed by atoms with Crippen LogP contribution in [-0.4, -0.2) is 15.6 Å². The van der Waals surface area contributed by atoms with Crippen LogP contribution >= 0.6 is 0 Å². The number of nitrogens with zero attached hydrogens (tertiary/aromatic N) is 2. The van der Waals surface area contributed by atoms with Gasteiger partial charge in [-0.25, -0.2) is 9.13 Å². The van der Waals surface area contributed by atoms with Crippen LogP contribution in [0.25, 0.3) is 6.20 Å². The van der Waals surface area contributed by atoms with E-state index in [1.165, 1.54) is 0 Å². The Morgan fingerprint density at radius 2 is 2.27 bits per heavy atom. The highest BCUT2D eigenvalue weighted by Crippen LogP contribution is 1.95. The number of hydrogen-bond donors (Lipinski definition) is 1. The summed E-state index contributed by atoms with van der Waals surface area (Å²) in [5.74, 6) is -0.723. The molecule has 1 heterocycles. The third kappa shape index (κ3) is 5.37. The van der Waals surface area contributed by atoms with E-state index in [0.29, 0.717) is 0 Å². The SMILES string of the molecule is C=Cn1cc[n+](CCCCC(=O)O)c1.[Br-]. The minimum atomic E-state index is -0.723. The number of unbranched alkanes of at least 4 members (excludes halogenated alkanes) is 1. The average Bonchev–Trinajstić information content (AvgIpc) is 2.60. The Labute approximate surface area is 99.6 Å². The molecule has 0 fully saturated rings. The van der Waals surface area contributed by atoms with Gasteiger partial charge in [0.05, 0.1) is 12.7 Å². The molecule has 0 saturated heterocycles. The summed E-state index contributed by atoms with van der Waals surface area (Å²) in [4.78, 5) is 10.2. The fourth-order valence-electron chi connectivity index (χ4n) is 1.22. The lowest BCUT2D eigenvalue weighted by molar-refractivity contribution is -0.696. The van der Waals surface area contributed by atoms with Crippen molar-refractivity contribution in [1.82, 2.24) is 4.57 Å². The Hall–Kier alpha value is -1.10. The van der Waals surface area contributed by atoms with E-state index < -0.39 is 5.97 Å². The predicted molar refractivity (Wildman–Crippen MR) is 52.5 cm³/mol. The monoisotopic (exact) mass is 274 g/mol. The van der Waals surface area contributed by atoms with Gasteiger partial charge in [0.2, 0.25) is 6.33 Å². The van der Waals surface area contributed by atoms with Gasteiger partial charge in [0.15, 0.2) is 0 Å². The van der Waals surface area contributed by atoms with E-state index in [9.17, 15) is 4.79 Å². The highest BCUT2D eigenvalue weighted by atomic mass is 79.9. The zero-order chi connectivity index (χ0) is 10.4. The van der Waals surface area contributed by atoms with E-state index in [-0.39, 0.29) is 23.4 Å². The second-order valence-corrected chi connectivity index (χ2v) is 3.13. The molecule has 0 unspecified atom stereocenters. The van der Waals surface area contributed by atoms with Crippen molar-refractivity contribution in [3.63, 3.8) is 0 Å². The molecular formula is C10H15BrN2O2. The van der Waals surface area contributed by atoms with Gasteiger partial charge in [-0.3, -0.25) is 4.79 Å². The highest BCUT2D eigenvalue weighted by Gasteiger charge is 2.01. The van der Waals surface area contributed by atoms with Crippen LogP contribution in [0.5, 0.6) is 0 Å². The van der Waals surface area contributed by atoms with E-state index in [2.05, 4.69) is 6.58 Å². The lowest BCUT2D eigenvalue weighted by atomic mass is 10.2. The average molecular weight is 275 g/mol. The molecule has 1 N–H and O–H groups in total. The third-order valence-corrected chi connectivity index (χ3v) is 1.98. The van der Waals surface area contributed by atoms with Gasteiger partial charge >= 0.3 is 5.97 Å². The van der Waals surface area contributed by atoms with Crippen LogP contribution in [0.3, 0.4) is 0 Å². The number of halogens is 1. The molecule has 84 valence electrons. The molecule has 1 rings (SSSR count). The van der Waals surface area contributed by atoms with Crippen molar-refractivity contribution in [3.8, 4) is 0 Å². The van der Waals surface area contributed by atoms with Gasteiger partial charge in [-0.15, -0.1) is 0 Å². The summed E-state index contributed by atoms with van der Waals surface area (Å²) >= 11 is 0. The van der Waals surface area contributed by atoms with Crippen molar-refractivity contribution in [3.05, 3.63) is 25.3 Å². The lowest BCUT2D eigenvalue weighted by Gasteiger charge is -1.94. The van der Waals surface area contributed by atoms with Crippen LogP contribution in [0.1, 0.15) is 19.3 Å². The quantitative estimate of drug-likeness (QED) is 0.489. The normalized spacial score (nSPS) is 9.33. The number of aromatic nitrogens is 2. The van der Waals surface area contributed by atoms with E-state index in [1.54, 1.807) is 6.20 Å². The molecule has 15 heavy (non-hydrogen) atoms. The summed E-state index contributed by atoms with van der Waals surface area (Å²) in [6, 6.07) is 0. The molecule has 0 radical (unpaired) electrons. The van der Waals surface area contributed by atoms with Crippen molar-refractivity contribution in [2.24, 2.45) is 0 Å². The first-order chi connectivity index (χ1) is 6.72. The second kappa shape index (κ2) is 7.23. The molecule has 0 saturated carbocycles. The van der Waals surface area contributed by atoms with Crippen LogP contribution < -0.4 is 21.5 Å². The lowest BCUT2D eigenvalue weighted by Crippen LogP contribution is -3.00. The maximum absolute atomic E-state index is 10.2. The van der Waals surface area contributed by atoms with Gasteiger partial charge in [0.1, 0.15) is 12.4 Å². The molecule has 0 aromatic carbocycles. The first-order valence-corrected chi connectivity index (χ1v) is 4.63. The van der Waals surface area contributed by atoms with Crippen LogP contribution in [0.2, 0.25) is 0 Å². The summed E-state index contributed by atoms with van der Waals surface area (Å²) in [7, 11) is 0. The molecule has 0 bridgehead atoms. The number of imidazole rings is 1. The van der Waals surface area contributed by atoms with Gasteiger partial charge in [-0.2, -0.15) is 0 Å². The van der Waals surface area contributed by atoms with E-state index in [1.807, 2.05) is 27.9 Å². The molecule has 0 spiro atoms. The Balaban J connectivity index is 0.00000196. The summed E-state index contributed by atoms with van der Waals surface area (Å²) in [6.07, 6.45) is 9.36.